The van der Waals surface area contributed by atoms with Crippen LogP contribution in [0.1, 0.15) is 12.0 Å². The Balaban J connectivity index is 2.13. The van der Waals surface area contributed by atoms with Crippen molar-refractivity contribution < 1.29 is 9.90 Å². The van der Waals surface area contributed by atoms with E-state index in [1.54, 1.807) is 0 Å². The lowest BCUT2D eigenvalue weighted by Gasteiger charge is -2.21. The molecule has 2 unspecified atom stereocenters. The smallest absolute Gasteiger partial charge is 0.308 e. The second-order valence-corrected chi connectivity index (χ2v) is 4.15. The SMILES string of the molecule is Cc1ccccc1N(C)C1CC1C(=O)O. The average Bonchev–Trinajstić information content (AvgIpc) is 2.97. The number of carboxylic acid groups (broad SMARTS) is 1. The molecule has 1 N–H and O–H groups in total. The van der Waals surface area contributed by atoms with Gasteiger partial charge in [0.1, 0.15) is 0 Å². The number of benzene rings is 1. The van der Waals surface area contributed by atoms with Gasteiger partial charge in [0.15, 0.2) is 0 Å². The Morgan fingerprint density at radius 3 is 2.67 bits per heavy atom. The van der Waals surface area contributed by atoms with E-state index in [0.29, 0.717) is 0 Å². The van der Waals surface area contributed by atoms with Gasteiger partial charge in [-0.15, -0.1) is 0 Å². The van der Waals surface area contributed by atoms with E-state index >= 15 is 0 Å². The summed E-state index contributed by atoms with van der Waals surface area (Å²) >= 11 is 0. The van der Waals surface area contributed by atoms with E-state index in [4.69, 9.17) is 5.11 Å². The van der Waals surface area contributed by atoms with Gasteiger partial charge in [-0.2, -0.15) is 0 Å². The molecule has 2 rings (SSSR count). The number of aryl methyl sites for hydroxylation is 1. The van der Waals surface area contributed by atoms with Crippen LogP contribution in [-0.4, -0.2) is 24.2 Å². The van der Waals surface area contributed by atoms with Crippen LogP contribution in [0.4, 0.5) is 5.69 Å². The molecule has 0 amide bonds. The minimum atomic E-state index is -0.680. The molecular formula is C12H15NO2. The molecule has 2 atom stereocenters. The molecule has 1 aliphatic carbocycles. The standard InChI is InChI=1S/C12H15NO2/c1-8-5-3-4-6-10(8)13(2)11-7-9(11)12(14)15/h3-6,9,11H,7H2,1-2H3,(H,14,15). The average molecular weight is 205 g/mol. The Morgan fingerprint density at radius 2 is 2.13 bits per heavy atom. The van der Waals surface area contributed by atoms with Crippen molar-refractivity contribution in [3.63, 3.8) is 0 Å². The molecular weight excluding hydrogens is 190 g/mol. The van der Waals surface area contributed by atoms with Crippen LogP contribution in [0.2, 0.25) is 0 Å². The first-order valence-corrected chi connectivity index (χ1v) is 5.12. The van der Waals surface area contributed by atoms with Crippen molar-refractivity contribution in [3.8, 4) is 0 Å². The summed E-state index contributed by atoms with van der Waals surface area (Å²) in [5.74, 6) is -0.866. The van der Waals surface area contributed by atoms with Crippen LogP contribution in [0, 0.1) is 12.8 Å². The van der Waals surface area contributed by atoms with Gasteiger partial charge in [0.05, 0.1) is 5.92 Å². The van der Waals surface area contributed by atoms with E-state index in [-0.39, 0.29) is 12.0 Å². The van der Waals surface area contributed by atoms with Gasteiger partial charge in [0.25, 0.3) is 0 Å². The number of anilines is 1. The van der Waals surface area contributed by atoms with Crippen LogP contribution in [0.15, 0.2) is 24.3 Å². The van der Waals surface area contributed by atoms with Crippen molar-refractivity contribution in [2.75, 3.05) is 11.9 Å². The third kappa shape index (κ3) is 1.82. The number of para-hydroxylation sites is 1. The molecule has 80 valence electrons. The maximum atomic E-state index is 10.8. The molecule has 0 saturated heterocycles. The molecule has 0 aromatic heterocycles. The van der Waals surface area contributed by atoms with Gasteiger partial charge < -0.3 is 10.0 Å². The molecule has 0 heterocycles. The van der Waals surface area contributed by atoms with Gasteiger partial charge in [0.2, 0.25) is 0 Å². The van der Waals surface area contributed by atoms with Gasteiger partial charge in [0, 0.05) is 18.8 Å². The first-order valence-electron chi connectivity index (χ1n) is 5.12. The summed E-state index contributed by atoms with van der Waals surface area (Å²) in [6, 6.07) is 8.23. The van der Waals surface area contributed by atoms with Crippen molar-refractivity contribution in [2.45, 2.75) is 19.4 Å². The third-order valence-electron chi connectivity index (χ3n) is 3.07. The highest BCUT2D eigenvalue weighted by atomic mass is 16.4. The van der Waals surface area contributed by atoms with Crippen LogP contribution in [0.25, 0.3) is 0 Å². The normalized spacial score (nSPS) is 23.6. The fourth-order valence-corrected chi connectivity index (χ4v) is 2.01. The molecule has 3 heteroatoms. The fourth-order valence-electron chi connectivity index (χ4n) is 2.01. The first kappa shape index (κ1) is 10.0. The van der Waals surface area contributed by atoms with Crippen LogP contribution in [0.5, 0.6) is 0 Å². The molecule has 0 bridgehead atoms. The largest absolute Gasteiger partial charge is 0.481 e. The maximum Gasteiger partial charge on any atom is 0.308 e. The second kappa shape index (κ2) is 3.57. The van der Waals surface area contributed by atoms with E-state index in [0.717, 1.165) is 12.1 Å². The van der Waals surface area contributed by atoms with E-state index in [1.165, 1.54) is 5.56 Å². The molecule has 1 aliphatic rings. The van der Waals surface area contributed by atoms with E-state index in [2.05, 4.69) is 4.90 Å². The molecule has 0 spiro atoms. The Morgan fingerprint density at radius 1 is 1.47 bits per heavy atom. The number of hydrogen-bond acceptors (Lipinski definition) is 2. The summed E-state index contributed by atoms with van der Waals surface area (Å²) in [7, 11) is 1.97. The molecule has 0 radical (unpaired) electrons. The van der Waals surface area contributed by atoms with Gasteiger partial charge in [-0.25, -0.2) is 0 Å². The minimum Gasteiger partial charge on any atom is -0.481 e. The number of aliphatic carboxylic acids is 1. The van der Waals surface area contributed by atoms with E-state index in [9.17, 15) is 4.79 Å². The van der Waals surface area contributed by atoms with Crippen LogP contribution >= 0.6 is 0 Å². The lowest BCUT2D eigenvalue weighted by molar-refractivity contribution is -0.138. The highest BCUT2D eigenvalue weighted by Crippen LogP contribution is 2.38. The zero-order chi connectivity index (χ0) is 11.0. The quantitative estimate of drug-likeness (QED) is 0.819. The van der Waals surface area contributed by atoms with Crippen molar-refractivity contribution >= 4 is 11.7 Å². The Bertz CT molecular complexity index is 389. The number of carbonyl (C=O) groups is 1. The fraction of sp³-hybridized carbons (Fsp3) is 0.417. The molecule has 1 aromatic carbocycles. The van der Waals surface area contributed by atoms with Crippen LogP contribution in [0.3, 0.4) is 0 Å². The molecule has 1 aromatic rings. The van der Waals surface area contributed by atoms with Crippen molar-refractivity contribution in [1.82, 2.24) is 0 Å². The number of nitrogens with zero attached hydrogens (tertiary/aromatic N) is 1. The second-order valence-electron chi connectivity index (χ2n) is 4.15. The van der Waals surface area contributed by atoms with Crippen LogP contribution < -0.4 is 4.90 Å². The summed E-state index contributed by atoms with van der Waals surface area (Å²) in [6.07, 6.45) is 0.764. The molecule has 3 nitrogen and oxygen atoms in total. The Labute approximate surface area is 89.3 Å². The van der Waals surface area contributed by atoms with Crippen molar-refractivity contribution in [2.24, 2.45) is 5.92 Å². The van der Waals surface area contributed by atoms with E-state index in [1.807, 2.05) is 38.2 Å². The van der Waals surface area contributed by atoms with Crippen LogP contribution in [-0.2, 0) is 4.79 Å². The summed E-state index contributed by atoms with van der Waals surface area (Å²) < 4.78 is 0. The summed E-state index contributed by atoms with van der Waals surface area (Å²) in [4.78, 5) is 12.8. The lowest BCUT2D eigenvalue weighted by Crippen LogP contribution is -2.24. The first-order chi connectivity index (χ1) is 7.11. The highest BCUT2D eigenvalue weighted by Gasteiger charge is 2.46. The topological polar surface area (TPSA) is 40.5 Å². The highest BCUT2D eigenvalue weighted by molar-refractivity contribution is 5.76. The maximum absolute atomic E-state index is 10.8. The zero-order valence-electron chi connectivity index (χ0n) is 8.97. The van der Waals surface area contributed by atoms with Gasteiger partial charge >= 0.3 is 5.97 Å². The molecule has 15 heavy (non-hydrogen) atoms. The summed E-state index contributed by atoms with van der Waals surface area (Å²) in [5.41, 5.74) is 2.32. The Kier molecular flexibility index (Phi) is 2.39. The number of hydrogen-bond donors (Lipinski definition) is 1. The molecule has 1 fully saturated rings. The number of carboxylic acids is 1. The lowest BCUT2D eigenvalue weighted by atomic mass is 10.2. The summed E-state index contributed by atoms with van der Waals surface area (Å²) in [5, 5.41) is 8.86. The molecule has 0 aliphatic heterocycles. The third-order valence-corrected chi connectivity index (χ3v) is 3.07. The predicted molar refractivity (Wildman–Crippen MR) is 59.1 cm³/mol. The predicted octanol–water partition coefficient (Wildman–Crippen LogP) is 1.90. The Hall–Kier alpha value is -1.51. The monoisotopic (exact) mass is 205 g/mol. The zero-order valence-corrected chi connectivity index (χ0v) is 8.97. The van der Waals surface area contributed by atoms with E-state index < -0.39 is 5.97 Å². The molecule has 1 saturated carbocycles. The van der Waals surface area contributed by atoms with Gasteiger partial charge in [-0.1, -0.05) is 18.2 Å². The van der Waals surface area contributed by atoms with Gasteiger partial charge in [-0.3, -0.25) is 4.79 Å². The number of rotatable bonds is 3. The summed E-state index contributed by atoms with van der Waals surface area (Å²) in [6.45, 7) is 2.05. The van der Waals surface area contributed by atoms with Gasteiger partial charge in [-0.05, 0) is 25.0 Å². The van der Waals surface area contributed by atoms with Crippen molar-refractivity contribution in [3.05, 3.63) is 29.8 Å². The minimum absolute atomic E-state index is 0.170. The van der Waals surface area contributed by atoms with Crippen molar-refractivity contribution in [1.29, 1.82) is 0 Å².